The zero-order valence-electron chi connectivity index (χ0n) is 9.13. The molecule has 0 saturated heterocycles. The van der Waals surface area contributed by atoms with Crippen LogP contribution >= 0.6 is 0 Å². The van der Waals surface area contributed by atoms with E-state index in [9.17, 15) is 0 Å². The molecule has 3 aliphatic carbocycles. The third-order valence-corrected chi connectivity index (χ3v) is 5.02. The SMILES string of the molecule is CCn1cnnc1C1C2C3CCC(C3)C12. The maximum Gasteiger partial charge on any atom is 0.136 e. The van der Waals surface area contributed by atoms with Crippen LogP contribution < -0.4 is 0 Å². The fourth-order valence-electron chi connectivity index (χ4n) is 4.44. The van der Waals surface area contributed by atoms with Crippen molar-refractivity contribution in [1.29, 1.82) is 0 Å². The number of fused-ring (bicyclic) bond motifs is 5. The summed E-state index contributed by atoms with van der Waals surface area (Å²) in [4.78, 5) is 0. The maximum absolute atomic E-state index is 4.34. The second-order valence-corrected chi connectivity index (χ2v) is 5.49. The van der Waals surface area contributed by atoms with Crippen LogP contribution in [-0.4, -0.2) is 14.8 Å². The molecule has 0 amide bonds. The lowest BCUT2D eigenvalue weighted by Crippen LogP contribution is -2.05. The van der Waals surface area contributed by atoms with Gasteiger partial charge in [0.25, 0.3) is 0 Å². The second-order valence-electron chi connectivity index (χ2n) is 5.49. The van der Waals surface area contributed by atoms with E-state index in [0.29, 0.717) is 0 Å². The first-order chi connectivity index (χ1) is 7.40. The van der Waals surface area contributed by atoms with Crippen LogP contribution in [0, 0.1) is 23.7 Å². The highest BCUT2D eigenvalue weighted by Gasteiger charge is 2.66. The lowest BCUT2D eigenvalue weighted by atomic mass is 10.0. The lowest BCUT2D eigenvalue weighted by molar-refractivity contribution is 0.456. The van der Waals surface area contributed by atoms with Crippen molar-refractivity contribution in [2.45, 2.75) is 38.6 Å². The van der Waals surface area contributed by atoms with Crippen LogP contribution in [0.5, 0.6) is 0 Å². The summed E-state index contributed by atoms with van der Waals surface area (Å²) in [6, 6.07) is 0. The summed E-state index contributed by atoms with van der Waals surface area (Å²) in [5.41, 5.74) is 0. The van der Waals surface area contributed by atoms with Gasteiger partial charge in [-0.05, 0) is 49.9 Å². The predicted molar refractivity (Wildman–Crippen MR) is 56.2 cm³/mol. The van der Waals surface area contributed by atoms with E-state index in [1.165, 1.54) is 25.1 Å². The normalized spacial score (nSPS) is 45.8. The topological polar surface area (TPSA) is 30.7 Å². The first-order valence-electron chi connectivity index (χ1n) is 6.28. The zero-order chi connectivity index (χ0) is 9.99. The first kappa shape index (κ1) is 8.31. The van der Waals surface area contributed by atoms with Gasteiger partial charge in [0.2, 0.25) is 0 Å². The van der Waals surface area contributed by atoms with Crippen molar-refractivity contribution in [2.75, 3.05) is 0 Å². The Balaban J connectivity index is 1.67. The molecular weight excluding hydrogens is 186 g/mol. The van der Waals surface area contributed by atoms with E-state index in [1.807, 2.05) is 6.33 Å². The van der Waals surface area contributed by atoms with Gasteiger partial charge in [0, 0.05) is 12.5 Å². The molecule has 15 heavy (non-hydrogen) atoms. The highest BCUT2D eigenvalue weighted by Crippen LogP contribution is 2.72. The monoisotopic (exact) mass is 203 g/mol. The van der Waals surface area contributed by atoms with Crippen molar-refractivity contribution >= 4 is 0 Å². The van der Waals surface area contributed by atoms with Gasteiger partial charge < -0.3 is 4.57 Å². The molecule has 3 heteroatoms. The van der Waals surface area contributed by atoms with E-state index in [2.05, 4.69) is 21.7 Å². The molecule has 0 aliphatic heterocycles. The van der Waals surface area contributed by atoms with E-state index >= 15 is 0 Å². The van der Waals surface area contributed by atoms with Gasteiger partial charge in [-0.15, -0.1) is 10.2 Å². The lowest BCUT2D eigenvalue weighted by Gasteiger charge is -2.08. The Morgan fingerprint density at radius 2 is 2.07 bits per heavy atom. The van der Waals surface area contributed by atoms with Crippen LogP contribution in [0.15, 0.2) is 6.33 Å². The predicted octanol–water partition coefficient (Wildman–Crippen LogP) is 2.06. The Kier molecular flexibility index (Phi) is 1.46. The average Bonchev–Trinajstić information content (AvgIpc) is 2.72. The van der Waals surface area contributed by atoms with Gasteiger partial charge >= 0.3 is 0 Å². The minimum absolute atomic E-state index is 0.777. The van der Waals surface area contributed by atoms with Gasteiger partial charge in [0.15, 0.2) is 0 Å². The maximum atomic E-state index is 4.34. The summed E-state index contributed by atoms with van der Waals surface area (Å²) in [5.74, 6) is 6.10. The Bertz CT molecular complexity index is 381. The summed E-state index contributed by atoms with van der Waals surface area (Å²) >= 11 is 0. The molecule has 3 fully saturated rings. The van der Waals surface area contributed by atoms with E-state index < -0.39 is 0 Å². The summed E-state index contributed by atoms with van der Waals surface area (Å²) in [5, 5.41) is 8.41. The van der Waals surface area contributed by atoms with Gasteiger partial charge in [-0.25, -0.2) is 0 Å². The van der Waals surface area contributed by atoms with E-state index in [1.54, 1.807) is 0 Å². The molecule has 1 aromatic rings. The molecule has 2 bridgehead atoms. The molecule has 80 valence electrons. The molecule has 3 nitrogen and oxygen atoms in total. The molecule has 4 unspecified atom stereocenters. The Morgan fingerprint density at radius 3 is 2.73 bits per heavy atom. The molecule has 3 aliphatic rings. The molecule has 0 aromatic carbocycles. The Hall–Kier alpha value is -0.860. The van der Waals surface area contributed by atoms with Crippen LogP contribution in [-0.2, 0) is 6.54 Å². The van der Waals surface area contributed by atoms with Crippen LogP contribution in [0.4, 0.5) is 0 Å². The van der Waals surface area contributed by atoms with Crippen LogP contribution in [0.1, 0.15) is 37.9 Å². The number of hydrogen-bond donors (Lipinski definition) is 0. The second kappa shape index (κ2) is 2.63. The smallest absolute Gasteiger partial charge is 0.136 e. The van der Waals surface area contributed by atoms with E-state index in [4.69, 9.17) is 0 Å². The summed E-state index contributed by atoms with van der Waals surface area (Å²) < 4.78 is 2.24. The third kappa shape index (κ3) is 0.918. The highest BCUT2D eigenvalue weighted by molar-refractivity contribution is 5.24. The fourth-order valence-corrected chi connectivity index (χ4v) is 4.44. The molecule has 4 rings (SSSR count). The van der Waals surface area contributed by atoms with E-state index in [0.717, 1.165) is 36.1 Å². The van der Waals surface area contributed by atoms with E-state index in [-0.39, 0.29) is 0 Å². The van der Waals surface area contributed by atoms with Gasteiger partial charge in [-0.2, -0.15) is 0 Å². The van der Waals surface area contributed by atoms with Crippen molar-refractivity contribution in [2.24, 2.45) is 23.7 Å². The Morgan fingerprint density at radius 1 is 1.33 bits per heavy atom. The molecule has 1 heterocycles. The first-order valence-corrected chi connectivity index (χ1v) is 6.28. The van der Waals surface area contributed by atoms with Crippen molar-refractivity contribution in [3.05, 3.63) is 12.2 Å². The summed E-state index contributed by atoms with van der Waals surface area (Å²) in [6.07, 6.45) is 6.39. The number of rotatable bonds is 2. The molecule has 3 saturated carbocycles. The number of nitrogens with zero attached hydrogens (tertiary/aromatic N) is 3. The molecular formula is C12H17N3. The summed E-state index contributed by atoms with van der Waals surface area (Å²) in [6.45, 7) is 3.20. The van der Waals surface area contributed by atoms with Gasteiger partial charge in [0.05, 0.1) is 0 Å². The Labute approximate surface area is 89.9 Å². The quantitative estimate of drug-likeness (QED) is 0.736. The van der Waals surface area contributed by atoms with Gasteiger partial charge in [-0.1, -0.05) is 0 Å². The molecule has 0 radical (unpaired) electrons. The van der Waals surface area contributed by atoms with Crippen LogP contribution in [0.25, 0.3) is 0 Å². The number of hydrogen-bond acceptors (Lipinski definition) is 2. The van der Waals surface area contributed by atoms with Crippen molar-refractivity contribution < 1.29 is 0 Å². The van der Waals surface area contributed by atoms with Gasteiger partial charge in [0.1, 0.15) is 12.2 Å². The van der Waals surface area contributed by atoms with Crippen LogP contribution in [0.3, 0.4) is 0 Å². The molecule has 1 aromatic heterocycles. The minimum Gasteiger partial charge on any atom is -0.318 e. The zero-order valence-corrected chi connectivity index (χ0v) is 9.13. The minimum atomic E-state index is 0.777. The van der Waals surface area contributed by atoms with Crippen molar-refractivity contribution in [3.8, 4) is 0 Å². The standard InChI is InChI=1S/C12H17N3/c1-2-15-6-13-14-12(15)11-9-7-3-4-8(5-7)10(9)11/h6-11H,2-5H2,1H3. The molecule has 0 N–H and O–H groups in total. The van der Waals surface area contributed by atoms with Crippen LogP contribution in [0.2, 0.25) is 0 Å². The van der Waals surface area contributed by atoms with Gasteiger partial charge in [-0.3, -0.25) is 0 Å². The average molecular weight is 203 g/mol. The third-order valence-electron chi connectivity index (χ3n) is 5.02. The highest BCUT2D eigenvalue weighted by atomic mass is 15.3. The number of aryl methyl sites for hydroxylation is 1. The summed E-state index contributed by atoms with van der Waals surface area (Å²) in [7, 11) is 0. The molecule has 0 spiro atoms. The fraction of sp³-hybridized carbons (Fsp3) is 0.833. The largest absolute Gasteiger partial charge is 0.318 e. The number of aromatic nitrogens is 3. The van der Waals surface area contributed by atoms with Crippen molar-refractivity contribution in [3.63, 3.8) is 0 Å². The van der Waals surface area contributed by atoms with Crippen molar-refractivity contribution in [1.82, 2.24) is 14.8 Å². The molecule has 4 atom stereocenters.